The molecule has 2 fully saturated rings. The number of hydrogen-bond acceptors (Lipinski definition) is 7. The minimum absolute atomic E-state index is 0.0114. The highest BCUT2D eigenvalue weighted by Crippen LogP contribution is 2.50. The summed E-state index contributed by atoms with van der Waals surface area (Å²) in [6.45, 7) is 3.38. The van der Waals surface area contributed by atoms with E-state index < -0.39 is 53.7 Å². The summed E-state index contributed by atoms with van der Waals surface area (Å²) in [4.78, 5) is 69.9. The topological polar surface area (TPSA) is 168 Å². The summed E-state index contributed by atoms with van der Waals surface area (Å²) < 4.78 is 30.8. The molecule has 13 heteroatoms. The summed E-state index contributed by atoms with van der Waals surface area (Å²) in [7, 11) is 1.39. The van der Waals surface area contributed by atoms with Crippen LogP contribution in [-0.2, 0) is 32.0 Å². The van der Waals surface area contributed by atoms with Gasteiger partial charge in [0.1, 0.15) is 0 Å². The van der Waals surface area contributed by atoms with E-state index in [4.69, 9.17) is 11.5 Å². The van der Waals surface area contributed by atoms with Crippen LogP contribution in [0.25, 0.3) is 0 Å². The first-order valence-electron chi connectivity index (χ1n) is 19.2. The Morgan fingerprint density at radius 1 is 0.815 bits per heavy atom. The number of nitrogens with two attached hydrogens (primary N) is 2. The van der Waals surface area contributed by atoms with Crippen LogP contribution in [0.4, 0.5) is 13.6 Å². The zero-order valence-corrected chi connectivity index (χ0v) is 31.9. The van der Waals surface area contributed by atoms with Crippen molar-refractivity contribution in [1.82, 2.24) is 20.4 Å². The molecule has 2 aromatic rings. The van der Waals surface area contributed by atoms with Crippen molar-refractivity contribution in [2.75, 3.05) is 39.8 Å². The van der Waals surface area contributed by atoms with Crippen LogP contribution < -0.4 is 22.1 Å². The molecule has 2 saturated heterocycles. The van der Waals surface area contributed by atoms with Crippen LogP contribution in [0.5, 0.6) is 0 Å². The number of alkyl halides is 2. The van der Waals surface area contributed by atoms with E-state index in [0.29, 0.717) is 38.6 Å². The summed E-state index contributed by atoms with van der Waals surface area (Å²) in [6.07, 6.45) is 2.23. The Hall–Kier alpha value is -4.23. The summed E-state index contributed by atoms with van der Waals surface area (Å²) in [5, 5.41) is 5.34. The smallest absolute Gasteiger partial charge is 0.317 e. The number of rotatable bonds is 19. The fraction of sp³-hybridized carbons (Fsp3) is 0.585. The van der Waals surface area contributed by atoms with Gasteiger partial charge < -0.3 is 31.9 Å². The first-order valence-corrected chi connectivity index (χ1v) is 19.2. The van der Waals surface area contributed by atoms with Gasteiger partial charge in [-0.1, -0.05) is 80.9 Å². The molecule has 296 valence electrons. The summed E-state index contributed by atoms with van der Waals surface area (Å²) >= 11 is 0. The van der Waals surface area contributed by atoms with Gasteiger partial charge in [-0.25, -0.2) is 13.6 Å². The molecule has 2 aromatic carbocycles. The van der Waals surface area contributed by atoms with Crippen LogP contribution in [0.3, 0.4) is 0 Å². The van der Waals surface area contributed by atoms with Gasteiger partial charge in [0.15, 0.2) is 11.6 Å². The second kappa shape index (κ2) is 19.4. The molecule has 4 rings (SSSR count). The molecule has 11 nitrogen and oxygen atoms in total. The first-order chi connectivity index (χ1) is 25.7. The number of carbonyl (C=O) groups is 5. The van der Waals surface area contributed by atoms with E-state index in [0.717, 1.165) is 16.0 Å². The van der Waals surface area contributed by atoms with E-state index in [1.807, 2.05) is 74.5 Å². The van der Waals surface area contributed by atoms with Gasteiger partial charge >= 0.3 is 6.03 Å². The van der Waals surface area contributed by atoms with Crippen LogP contribution in [-0.4, -0.2) is 97.0 Å². The van der Waals surface area contributed by atoms with Gasteiger partial charge in [-0.05, 0) is 62.1 Å². The highest BCUT2D eigenvalue weighted by Gasteiger charge is 2.64. The number of unbranched alkanes of at least 4 members (excludes halogenated alkanes) is 1. The summed E-state index contributed by atoms with van der Waals surface area (Å²) in [5.41, 5.74) is 12.4. The standard InChI is InChI=1S/C41H58F2N6O5/c1-28(2)20-34(47-37(52)32(21-29-12-6-4-7-13-29)24-35(50)33(45)22-30-14-8-5-9-15-30)36(51)23-31(16-10-11-18-44)38(53)49-25-40(26-49)17-19-48(39(54)46-3)27-41(40,42)43/h4-9,12-15,28,31-34H,10-11,16-27,44-45H2,1-3H3,(H,46,54)(H,47,52)/t31-,32-,33+,34+/m0/s1. The molecule has 0 bridgehead atoms. The van der Waals surface area contributed by atoms with Crippen molar-refractivity contribution in [1.29, 1.82) is 0 Å². The Morgan fingerprint density at radius 3 is 1.96 bits per heavy atom. The predicted octanol–water partition coefficient (Wildman–Crippen LogP) is 4.12. The molecule has 4 atom stereocenters. The number of carbonyl (C=O) groups excluding carboxylic acids is 5. The Labute approximate surface area is 317 Å². The van der Waals surface area contributed by atoms with Gasteiger partial charge in [0, 0.05) is 51.4 Å². The van der Waals surface area contributed by atoms with Crippen LogP contribution in [0.15, 0.2) is 60.7 Å². The maximum absolute atomic E-state index is 15.4. The number of benzene rings is 2. The zero-order chi connectivity index (χ0) is 39.5. The number of Topliss-reactive ketones (excluding diaryl/α,β-unsaturated/α-hetero) is 2. The van der Waals surface area contributed by atoms with Crippen LogP contribution >= 0.6 is 0 Å². The lowest BCUT2D eigenvalue weighted by Crippen LogP contribution is -2.72. The Kier molecular flexibility index (Phi) is 15.3. The Bertz CT molecular complexity index is 1570. The second-order valence-electron chi connectivity index (χ2n) is 15.6. The number of ketones is 2. The molecule has 0 radical (unpaired) electrons. The molecule has 1 spiro atoms. The Morgan fingerprint density at radius 2 is 1.41 bits per heavy atom. The van der Waals surface area contributed by atoms with Gasteiger partial charge in [-0.3, -0.25) is 19.2 Å². The average Bonchev–Trinajstić information content (AvgIpc) is 3.12. The number of amides is 4. The van der Waals surface area contributed by atoms with E-state index in [2.05, 4.69) is 10.6 Å². The molecule has 4 amide bonds. The third kappa shape index (κ3) is 11.2. The van der Waals surface area contributed by atoms with Crippen LogP contribution in [0, 0.1) is 23.2 Å². The van der Waals surface area contributed by atoms with E-state index in [-0.39, 0.29) is 68.7 Å². The molecule has 6 N–H and O–H groups in total. The molecular weight excluding hydrogens is 694 g/mol. The molecule has 0 aromatic heterocycles. The van der Waals surface area contributed by atoms with Crippen LogP contribution in [0.1, 0.15) is 69.9 Å². The maximum Gasteiger partial charge on any atom is 0.317 e. The summed E-state index contributed by atoms with van der Waals surface area (Å²) in [6, 6.07) is 16.5. The minimum Gasteiger partial charge on any atom is -0.346 e. The van der Waals surface area contributed by atoms with Crippen LogP contribution in [0.2, 0.25) is 0 Å². The molecule has 2 aliphatic heterocycles. The maximum atomic E-state index is 15.4. The van der Waals surface area contributed by atoms with Gasteiger partial charge in [-0.2, -0.15) is 0 Å². The van der Waals surface area contributed by atoms with Crippen molar-refractivity contribution in [3.05, 3.63) is 71.8 Å². The van der Waals surface area contributed by atoms with E-state index in [1.165, 1.54) is 11.9 Å². The lowest BCUT2D eigenvalue weighted by molar-refractivity contribution is -0.220. The lowest BCUT2D eigenvalue weighted by Gasteiger charge is -2.57. The quantitative estimate of drug-likeness (QED) is 0.157. The summed E-state index contributed by atoms with van der Waals surface area (Å²) in [5.74, 6) is -6.14. The molecule has 0 unspecified atom stereocenters. The number of halogens is 2. The fourth-order valence-corrected chi connectivity index (χ4v) is 7.63. The largest absolute Gasteiger partial charge is 0.346 e. The zero-order valence-electron chi connectivity index (χ0n) is 31.9. The minimum atomic E-state index is -3.19. The molecule has 2 heterocycles. The molecule has 2 aliphatic rings. The highest BCUT2D eigenvalue weighted by atomic mass is 19.3. The van der Waals surface area contributed by atoms with Crippen molar-refractivity contribution < 1.29 is 32.8 Å². The van der Waals surface area contributed by atoms with E-state index in [1.54, 1.807) is 0 Å². The van der Waals surface area contributed by atoms with Crippen molar-refractivity contribution in [3.8, 4) is 0 Å². The second-order valence-corrected chi connectivity index (χ2v) is 15.6. The third-order valence-corrected chi connectivity index (χ3v) is 10.9. The first kappa shape index (κ1) is 42.5. The van der Waals surface area contributed by atoms with E-state index in [9.17, 15) is 24.0 Å². The number of nitrogens with zero attached hydrogens (tertiary/aromatic N) is 2. The average molecular weight is 753 g/mol. The monoisotopic (exact) mass is 752 g/mol. The number of piperidine rings is 1. The van der Waals surface area contributed by atoms with Gasteiger partial charge in [-0.15, -0.1) is 0 Å². The predicted molar refractivity (Wildman–Crippen MR) is 203 cm³/mol. The lowest BCUT2D eigenvalue weighted by atomic mass is 9.68. The van der Waals surface area contributed by atoms with Crippen molar-refractivity contribution in [3.63, 3.8) is 0 Å². The van der Waals surface area contributed by atoms with Gasteiger partial charge in [0.05, 0.1) is 24.0 Å². The van der Waals surface area contributed by atoms with Gasteiger partial charge in [0.25, 0.3) is 5.92 Å². The number of likely N-dealkylation sites (tertiary alicyclic amines) is 2. The molecular formula is C41H58F2N6O5. The Balaban J connectivity index is 1.47. The van der Waals surface area contributed by atoms with Crippen molar-refractivity contribution in [2.24, 2.45) is 34.6 Å². The SMILES string of the molecule is CNC(=O)N1CCC2(CN(C(=O)[C@@H](CCCCN)CC(=O)[C@@H](CC(C)C)NC(=O)[C@H](CC(=O)[C@H](N)Cc3ccccc3)Cc3ccccc3)C2)C(F)(F)C1. The fourth-order valence-electron chi connectivity index (χ4n) is 7.63. The third-order valence-electron chi connectivity index (χ3n) is 10.9. The number of urea groups is 1. The highest BCUT2D eigenvalue weighted by molar-refractivity contribution is 5.95. The van der Waals surface area contributed by atoms with Gasteiger partial charge in [0.2, 0.25) is 11.8 Å². The molecule has 0 aliphatic carbocycles. The van der Waals surface area contributed by atoms with E-state index >= 15 is 8.78 Å². The van der Waals surface area contributed by atoms with Crippen molar-refractivity contribution in [2.45, 2.75) is 89.6 Å². The molecule has 54 heavy (non-hydrogen) atoms. The number of hydrogen-bond donors (Lipinski definition) is 4. The number of nitrogens with one attached hydrogen (secondary N) is 2. The normalized spacial score (nSPS) is 18.3. The molecule has 0 saturated carbocycles. The van der Waals surface area contributed by atoms with Crippen molar-refractivity contribution >= 4 is 29.4 Å².